The number of nitrogens with one attached hydrogen (secondary N) is 1. The van der Waals surface area contributed by atoms with Crippen molar-refractivity contribution in [2.75, 3.05) is 19.6 Å². The van der Waals surface area contributed by atoms with Gasteiger partial charge in [0, 0.05) is 18.3 Å². The number of aromatic nitrogens is 2. The van der Waals surface area contributed by atoms with E-state index in [2.05, 4.69) is 28.7 Å². The first-order chi connectivity index (χ1) is 7.84. The molecule has 0 aromatic carbocycles. The molecule has 1 N–H and O–H groups in total. The quantitative estimate of drug-likeness (QED) is 0.545. The van der Waals surface area contributed by atoms with E-state index in [-0.39, 0.29) is 12.4 Å². The summed E-state index contributed by atoms with van der Waals surface area (Å²) in [5, 5.41) is 0. The van der Waals surface area contributed by atoms with Gasteiger partial charge in [-0.1, -0.05) is 12.8 Å². The minimum absolute atomic E-state index is 0. The number of halogens is 1. The van der Waals surface area contributed by atoms with Gasteiger partial charge in [0.05, 0.1) is 18.7 Å². The highest BCUT2D eigenvalue weighted by molar-refractivity contribution is 5.28. The summed E-state index contributed by atoms with van der Waals surface area (Å²) in [6, 6.07) is 0. The summed E-state index contributed by atoms with van der Waals surface area (Å²) in [7, 11) is 0. The fraction of sp³-hybridized carbons (Fsp3) is 0.538. The summed E-state index contributed by atoms with van der Waals surface area (Å²) < 4.78 is 0. The maximum atomic E-state index is 3.94. The lowest BCUT2D eigenvalue weighted by Gasteiger charge is -2.26. The second kappa shape index (κ2) is 7.26. The van der Waals surface area contributed by atoms with Crippen LogP contribution in [-0.4, -0.2) is 29.6 Å². The highest BCUT2D eigenvalue weighted by atomic mass is 35.5. The molecular weight excluding hydrogens is 234 g/mol. The zero-order chi connectivity index (χ0) is 11.2. The Kier molecular flexibility index (Phi) is 5.96. The van der Waals surface area contributed by atoms with Crippen molar-refractivity contribution in [2.45, 2.75) is 19.8 Å². The number of nitrogens with zero attached hydrogens (tertiary/aromatic N) is 2. The second-order valence-electron chi connectivity index (χ2n) is 4.56. The first-order valence-electron chi connectivity index (χ1n) is 5.92. The largest absolute Gasteiger partial charge is 1.00 e. The van der Waals surface area contributed by atoms with Gasteiger partial charge in [-0.2, -0.15) is 0 Å². The summed E-state index contributed by atoms with van der Waals surface area (Å²) in [6.45, 7) is 5.81. The monoisotopic (exact) mass is 251 g/mol. The van der Waals surface area contributed by atoms with Crippen LogP contribution < -0.4 is 17.3 Å². The minimum atomic E-state index is 0. The fourth-order valence-corrected chi connectivity index (χ4v) is 2.19. The van der Waals surface area contributed by atoms with Gasteiger partial charge in [0.1, 0.15) is 12.9 Å². The first-order valence-corrected chi connectivity index (χ1v) is 5.92. The molecule has 0 bridgehead atoms. The Labute approximate surface area is 109 Å². The normalized spacial score (nSPS) is 23.1. The lowest BCUT2D eigenvalue weighted by molar-refractivity contribution is -0.901. The molecular formula is C13H18ClN3. The van der Waals surface area contributed by atoms with Gasteiger partial charge < -0.3 is 17.3 Å². The molecule has 92 valence electrons. The van der Waals surface area contributed by atoms with Crippen LogP contribution in [0.1, 0.15) is 25.3 Å². The molecule has 0 radical (unpaired) electrons. The van der Waals surface area contributed by atoms with Gasteiger partial charge in [0.15, 0.2) is 0 Å². The van der Waals surface area contributed by atoms with Gasteiger partial charge in [-0.25, -0.2) is 9.97 Å². The molecule has 1 aromatic heterocycles. The molecule has 1 saturated heterocycles. The van der Waals surface area contributed by atoms with Crippen LogP contribution in [0.4, 0.5) is 0 Å². The summed E-state index contributed by atoms with van der Waals surface area (Å²) >= 11 is 0. The number of rotatable bonds is 1. The Morgan fingerprint density at radius 3 is 2.88 bits per heavy atom. The lowest BCUT2D eigenvalue weighted by Crippen LogP contribution is -3.13. The molecule has 1 aromatic rings. The SMILES string of the molecule is CC1CCC[NH+](CC#Cc2cncnc2)C1.[Cl-]. The van der Waals surface area contributed by atoms with Crippen LogP contribution in [0, 0.1) is 17.8 Å². The average molecular weight is 252 g/mol. The number of hydrogen-bond acceptors (Lipinski definition) is 2. The number of likely N-dealkylation sites (tertiary alicyclic amines) is 1. The third-order valence-electron chi connectivity index (χ3n) is 3.00. The maximum absolute atomic E-state index is 3.94. The molecule has 4 heteroatoms. The predicted molar refractivity (Wildman–Crippen MR) is 62.9 cm³/mol. The molecule has 0 spiro atoms. The fourth-order valence-electron chi connectivity index (χ4n) is 2.19. The predicted octanol–water partition coefficient (Wildman–Crippen LogP) is -2.85. The summed E-state index contributed by atoms with van der Waals surface area (Å²) in [6.07, 6.45) is 7.77. The zero-order valence-electron chi connectivity index (χ0n) is 10.1. The number of piperidine rings is 1. The molecule has 2 unspecified atom stereocenters. The summed E-state index contributed by atoms with van der Waals surface area (Å²) in [5.41, 5.74) is 0.909. The van der Waals surface area contributed by atoms with Crippen molar-refractivity contribution in [1.82, 2.24) is 9.97 Å². The molecule has 1 fully saturated rings. The third-order valence-corrected chi connectivity index (χ3v) is 3.00. The Balaban J connectivity index is 0.00000144. The number of hydrogen-bond donors (Lipinski definition) is 1. The smallest absolute Gasteiger partial charge is 0.139 e. The summed E-state index contributed by atoms with van der Waals surface area (Å²) in [5.74, 6) is 7.19. The van der Waals surface area contributed by atoms with Crippen molar-refractivity contribution >= 4 is 0 Å². The molecule has 1 aliphatic rings. The van der Waals surface area contributed by atoms with Gasteiger partial charge >= 0.3 is 0 Å². The van der Waals surface area contributed by atoms with Crippen molar-refractivity contribution in [3.8, 4) is 11.8 Å². The van der Waals surface area contributed by atoms with Crippen LogP contribution >= 0.6 is 0 Å². The van der Waals surface area contributed by atoms with Crippen molar-refractivity contribution in [3.05, 3.63) is 24.3 Å². The molecule has 1 aliphatic heterocycles. The van der Waals surface area contributed by atoms with E-state index in [4.69, 9.17) is 0 Å². The molecule has 0 amide bonds. The highest BCUT2D eigenvalue weighted by Gasteiger charge is 2.17. The Hall–Kier alpha value is -1.11. The molecule has 0 aliphatic carbocycles. The van der Waals surface area contributed by atoms with Gasteiger partial charge in [0.25, 0.3) is 0 Å². The van der Waals surface area contributed by atoms with Crippen LogP contribution in [0.25, 0.3) is 0 Å². The molecule has 2 rings (SSSR count). The average Bonchev–Trinajstić information content (AvgIpc) is 2.30. The standard InChI is InChI=1S/C13H17N3.ClH/c1-12-4-2-6-16(10-12)7-3-5-13-8-14-11-15-9-13;/h8-9,11-12H,2,4,6-7,10H2,1H3;1H. The molecule has 2 heterocycles. The van der Waals surface area contributed by atoms with Crippen LogP contribution in [0.15, 0.2) is 18.7 Å². The Morgan fingerprint density at radius 2 is 2.18 bits per heavy atom. The molecule has 0 saturated carbocycles. The Morgan fingerprint density at radius 1 is 1.41 bits per heavy atom. The van der Waals surface area contributed by atoms with Crippen molar-refractivity contribution in [1.29, 1.82) is 0 Å². The number of quaternary nitrogens is 1. The van der Waals surface area contributed by atoms with Gasteiger partial charge in [0.2, 0.25) is 0 Å². The van der Waals surface area contributed by atoms with E-state index in [1.165, 1.54) is 32.3 Å². The summed E-state index contributed by atoms with van der Waals surface area (Å²) in [4.78, 5) is 9.50. The topological polar surface area (TPSA) is 30.2 Å². The van der Waals surface area contributed by atoms with Gasteiger partial charge in [-0.15, -0.1) is 0 Å². The van der Waals surface area contributed by atoms with Gasteiger partial charge in [-0.05, 0) is 18.8 Å². The molecule has 17 heavy (non-hydrogen) atoms. The van der Waals surface area contributed by atoms with E-state index in [1.54, 1.807) is 17.3 Å². The third kappa shape index (κ3) is 4.72. The Bertz CT molecular complexity index is 383. The van der Waals surface area contributed by atoms with E-state index < -0.39 is 0 Å². The van der Waals surface area contributed by atoms with E-state index in [9.17, 15) is 0 Å². The second-order valence-corrected chi connectivity index (χ2v) is 4.56. The zero-order valence-corrected chi connectivity index (χ0v) is 10.9. The van der Waals surface area contributed by atoms with Crippen molar-refractivity contribution in [2.24, 2.45) is 5.92 Å². The van der Waals surface area contributed by atoms with Crippen molar-refractivity contribution in [3.63, 3.8) is 0 Å². The maximum Gasteiger partial charge on any atom is 0.139 e. The van der Waals surface area contributed by atoms with E-state index in [1.807, 2.05) is 0 Å². The van der Waals surface area contributed by atoms with E-state index >= 15 is 0 Å². The van der Waals surface area contributed by atoms with Crippen molar-refractivity contribution < 1.29 is 17.3 Å². The highest BCUT2D eigenvalue weighted by Crippen LogP contribution is 2.04. The van der Waals surface area contributed by atoms with E-state index in [0.717, 1.165) is 18.0 Å². The van der Waals surface area contributed by atoms with E-state index in [0.29, 0.717) is 0 Å². The lowest BCUT2D eigenvalue weighted by atomic mass is 10.0. The van der Waals surface area contributed by atoms with Crippen LogP contribution in [-0.2, 0) is 0 Å². The van der Waals surface area contributed by atoms with Crippen LogP contribution in [0.2, 0.25) is 0 Å². The molecule has 2 atom stereocenters. The van der Waals surface area contributed by atoms with Crippen LogP contribution in [0.5, 0.6) is 0 Å². The van der Waals surface area contributed by atoms with Crippen LogP contribution in [0.3, 0.4) is 0 Å². The van der Waals surface area contributed by atoms with Gasteiger partial charge in [-0.3, -0.25) is 0 Å². The minimum Gasteiger partial charge on any atom is -1.00 e. The molecule has 3 nitrogen and oxygen atoms in total. The first kappa shape index (κ1) is 14.0.